The highest BCUT2D eigenvalue weighted by Crippen LogP contribution is 2.20. The molecule has 2 N–H and O–H groups in total. The molecular weight excluding hydrogens is 240 g/mol. The van der Waals surface area contributed by atoms with Crippen molar-refractivity contribution >= 4 is 5.91 Å². The molecule has 1 aromatic rings. The van der Waals surface area contributed by atoms with Crippen LogP contribution in [-0.4, -0.2) is 31.6 Å². The zero-order chi connectivity index (χ0) is 13.7. The Labute approximate surface area is 114 Å². The lowest BCUT2D eigenvalue weighted by atomic mass is 10.1. The number of carbonyl (C=O) groups is 1. The van der Waals surface area contributed by atoms with E-state index in [2.05, 4.69) is 23.6 Å². The second-order valence-corrected chi connectivity index (χ2v) is 4.99. The van der Waals surface area contributed by atoms with Crippen LogP contribution in [0.4, 0.5) is 0 Å². The smallest absolute Gasteiger partial charge is 0.237 e. The summed E-state index contributed by atoms with van der Waals surface area (Å²) in [5.41, 5.74) is 2.38. The van der Waals surface area contributed by atoms with Crippen molar-refractivity contribution < 1.29 is 9.53 Å². The van der Waals surface area contributed by atoms with Crippen LogP contribution in [-0.2, 0) is 4.79 Å². The third-order valence-electron chi connectivity index (χ3n) is 3.59. The van der Waals surface area contributed by atoms with Gasteiger partial charge in [-0.15, -0.1) is 0 Å². The largest absolute Gasteiger partial charge is 0.491 e. The normalized spacial score (nSPS) is 18.3. The van der Waals surface area contributed by atoms with Crippen molar-refractivity contribution in [1.82, 2.24) is 10.6 Å². The van der Waals surface area contributed by atoms with Gasteiger partial charge in [-0.2, -0.15) is 0 Å². The van der Waals surface area contributed by atoms with Crippen LogP contribution < -0.4 is 15.4 Å². The van der Waals surface area contributed by atoms with E-state index in [0.717, 1.165) is 30.7 Å². The molecule has 4 nitrogen and oxygen atoms in total. The number of rotatable bonds is 5. The van der Waals surface area contributed by atoms with E-state index in [-0.39, 0.29) is 11.9 Å². The Bertz CT molecular complexity index is 440. The Balaban J connectivity index is 1.71. The fourth-order valence-corrected chi connectivity index (χ4v) is 2.25. The van der Waals surface area contributed by atoms with E-state index in [1.807, 2.05) is 19.1 Å². The van der Waals surface area contributed by atoms with Gasteiger partial charge in [0.15, 0.2) is 0 Å². The van der Waals surface area contributed by atoms with Crippen LogP contribution in [0.5, 0.6) is 5.75 Å². The summed E-state index contributed by atoms with van der Waals surface area (Å²) in [6.07, 6.45) is 2.01. The molecule has 1 atom stereocenters. The summed E-state index contributed by atoms with van der Waals surface area (Å²) in [4.78, 5) is 11.7. The zero-order valence-electron chi connectivity index (χ0n) is 11.7. The number of aryl methyl sites for hydroxylation is 1. The lowest BCUT2D eigenvalue weighted by Gasteiger charge is -2.13. The molecule has 0 aliphatic carbocycles. The minimum atomic E-state index is -0.0132. The molecule has 1 aliphatic rings. The molecule has 0 unspecified atom stereocenters. The van der Waals surface area contributed by atoms with E-state index in [1.165, 1.54) is 5.56 Å². The molecule has 1 heterocycles. The fraction of sp³-hybridized carbons (Fsp3) is 0.533. The Morgan fingerprint density at radius 2 is 2.32 bits per heavy atom. The number of hydrogen-bond donors (Lipinski definition) is 2. The van der Waals surface area contributed by atoms with Gasteiger partial charge in [0.25, 0.3) is 0 Å². The average Bonchev–Trinajstić information content (AvgIpc) is 2.93. The van der Waals surface area contributed by atoms with Crippen molar-refractivity contribution in [2.75, 3.05) is 19.7 Å². The van der Waals surface area contributed by atoms with E-state index >= 15 is 0 Å². The first kappa shape index (κ1) is 13.9. The average molecular weight is 262 g/mol. The third-order valence-corrected chi connectivity index (χ3v) is 3.59. The molecule has 0 bridgehead atoms. The van der Waals surface area contributed by atoms with Crippen molar-refractivity contribution in [2.45, 2.75) is 32.7 Å². The van der Waals surface area contributed by atoms with Crippen LogP contribution in [0.1, 0.15) is 24.0 Å². The van der Waals surface area contributed by atoms with Crippen molar-refractivity contribution in [2.24, 2.45) is 0 Å². The molecule has 2 rings (SSSR count). The van der Waals surface area contributed by atoms with Crippen LogP contribution in [0.25, 0.3) is 0 Å². The van der Waals surface area contributed by atoms with Gasteiger partial charge in [0.1, 0.15) is 12.4 Å². The molecule has 0 aromatic heterocycles. The molecule has 1 aromatic carbocycles. The summed E-state index contributed by atoms with van der Waals surface area (Å²) in [6, 6.07) is 6.00. The van der Waals surface area contributed by atoms with Crippen LogP contribution in [0.2, 0.25) is 0 Å². The highest BCUT2D eigenvalue weighted by Gasteiger charge is 2.21. The Morgan fingerprint density at radius 1 is 1.47 bits per heavy atom. The maximum atomic E-state index is 11.7. The van der Waals surface area contributed by atoms with Crippen molar-refractivity contribution in [3.05, 3.63) is 29.3 Å². The first-order valence-corrected chi connectivity index (χ1v) is 6.88. The second-order valence-electron chi connectivity index (χ2n) is 4.99. The second kappa shape index (κ2) is 6.57. The maximum absolute atomic E-state index is 11.7. The van der Waals surface area contributed by atoms with Gasteiger partial charge >= 0.3 is 0 Å². The highest BCUT2D eigenvalue weighted by molar-refractivity contribution is 5.81. The number of ether oxygens (including phenoxy) is 1. The molecule has 0 saturated carbocycles. The number of nitrogens with one attached hydrogen (secondary N) is 2. The molecule has 1 fully saturated rings. The van der Waals surface area contributed by atoms with Crippen LogP contribution in [0, 0.1) is 13.8 Å². The predicted octanol–water partition coefficient (Wildman–Crippen LogP) is 1.55. The molecular formula is C15H22N2O2. The number of benzene rings is 1. The summed E-state index contributed by atoms with van der Waals surface area (Å²) in [5.74, 6) is 0.982. The molecule has 1 amide bonds. The fourth-order valence-electron chi connectivity index (χ4n) is 2.25. The van der Waals surface area contributed by atoms with E-state index in [4.69, 9.17) is 4.74 Å². The number of amides is 1. The first-order valence-electron chi connectivity index (χ1n) is 6.88. The quantitative estimate of drug-likeness (QED) is 0.792. The summed E-state index contributed by atoms with van der Waals surface area (Å²) < 4.78 is 5.70. The number of hydrogen-bond acceptors (Lipinski definition) is 3. The lowest BCUT2D eigenvalue weighted by molar-refractivity contribution is -0.122. The third kappa shape index (κ3) is 3.70. The van der Waals surface area contributed by atoms with Crippen LogP contribution in [0.15, 0.2) is 18.2 Å². The van der Waals surface area contributed by atoms with Gasteiger partial charge in [-0.3, -0.25) is 4.79 Å². The van der Waals surface area contributed by atoms with Crippen molar-refractivity contribution in [1.29, 1.82) is 0 Å². The van der Waals surface area contributed by atoms with Crippen molar-refractivity contribution in [3.8, 4) is 5.75 Å². The van der Waals surface area contributed by atoms with E-state index in [1.54, 1.807) is 0 Å². The minimum Gasteiger partial charge on any atom is -0.491 e. The van der Waals surface area contributed by atoms with E-state index in [9.17, 15) is 4.79 Å². The van der Waals surface area contributed by atoms with E-state index < -0.39 is 0 Å². The molecule has 0 radical (unpaired) electrons. The lowest BCUT2D eigenvalue weighted by Crippen LogP contribution is -2.41. The SMILES string of the molecule is Cc1cccc(OCCNC(=O)[C@@H]2CCCN2)c1C. The standard InChI is InChI=1S/C15H22N2O2/c1-11-5-3-7-14(12(11)2)19-10-9-17-15(18)13-6-4-8-16-13/h3,5,7,13,16H,4,6,8-10H2,1-2H3,(H,17,18)/t13-/m0/s1. The predicted molar refractivity (Wildman–Crippen MR) is 75.4 cm³/mol. The molecule has 0 spiro atoms. The summed E-state index contributed by atoms with van der Waals surface area (Å²) in [6.45, 7) is 6.10. The van der Waals surface area contributed by atoms with Crippen LogP contribution >= 0.6 is 0 Å². The molecule has 1 aliphatic heterocycles. The van der Waals surface area contributed by atoms with Gasteiger partial charge in [-0.1, -0.05) is 12.1 Å². The van der Waals surface area contributed by atoms with Crippen molar-refractivity contribution in [3.63, 3.8) is 0 Å². The topological polar surface area (TPSA) is 50.4 Å². The molecule has 4 heteroatoms. The summed E-state index contributed by atoms with van der Waals surface area (Å²) >= 11 is 0. The Hall–Kier alpha value is -1.55. The zero-order valence-corrected chi connectivity index (χ0v) is 11.7. The van der Waals surface area contributed by atoms with E-state index in [0.29, 0.717) is 13.2 Å². The van der Waals surface area contributed by atoms with Gasteiger partial charge in [-0.05, 0) is 50.4 Å². The summed E-state index contributed by atoms with van der Waals surface area (Å²) in [7, 11) is 0. The van der Waals surface area contributed by atoms with Gasteiger partial charge < -0.3 is 15.4 Å². The maximum Gasteiger partial charge on any atom is 0.237 e. The summed E-state index contributed by atoms with van der Waals surface area (Å²) in [5, 5.41) is 6.08. The van der Waals surface area contributed by atoms with Gasteiger partial charge in [0.2, 0.25) is 5.91 Å². The Morgan fingerprint density at radius 3 is 3.05 bits per heavy atom. The first-order chi connectivity index (χ1) is 9.18. The molecule has 1 saturated heterocycles. The Kier molecular flexibility index (Phi) is 4.80. The highest BCUT2D eigenvalue weighted by atomic mass is 16.5. The van der Waals surface area contributed by atoms with Crippen LogP contribution in [0.3, 0.4) is 0 Å². The molecule has 19 heavy (non-hydrogen) atoms. The van der Waals surface area contributed by atoms with Gasteiger partial charge in [0.05, 0.1) is 12.6 Å². The number of carbonyl (C=O) groups excluding carboxylic acids is 1. The minimum absolute atomic E-state index is 0.0132. The van der Waals surface area contributed by atoms with Gasteiger partial charge in [-0.25, -0.2) is 0 Å². The van der Waals surface area contributed by atoms with Gasteiger partial charge in [0, 0.05) is 0 Å². The monoisotopic (exact) mass is 262 g/mol. The molecule has 104 valence electrons.